The van der Waals surface area contributed by atoms with Gasteiger partial charge in [-0.05, 0) is 61.7 Å². The molecule has 1 heterocycles. The van der Waals surface area contributed by atoms with Crippen LogP contribution in [-0.2, 0) is 6.42 Å². The minimum atomic E-state index is 0.707. The number of hydrogen-bond donors (Lipinski definition) is 2. The Bertz CT molecular complexity index is 913. The molecule has 3 rings (SSSR count). The predicted molar refractivity (Wildman–Crippen MR) is 111 cm³/mol. The maximum atomic E-state index is 6.02. The zero-order valence-corrected chi connectivity index (χ0v) is 16.5. The van der Waals surface area contributed by atoms with Gasteiger partial charge >= 0.3 is 0 Å². The van der Waals surface area contributed by atoms with Crippen LogP contribution in [-0.4, -0.2) is 23.6 Å². The van der Waals surface area contributed by atoms with Gasteiger partial charge in [0.05, 0.1) is 7.11 Å². The molecule has 0 unspecified atom stereocenters. The van der Waals surface area contributed by atoms with Crippen LogP contribution in [0.4, 0.5) is 17.3 Å². The monoisotopic (exact) mass is 382 g/mol. The van der Waals surface area contributed by atoms with Crippen molar-refractivity contribution in [2.24, 2.45) is 0 Å². The number of methoxy groups -OCH3 is 1. The lowest BCUT2D eigenvalue weighted by molar-refractivity contribution is 0.414. The first-order valence-corrected chi connectivity index (χ1v) is 9.17. The maximum absolute atomic E-state index is 6.02. The van der Waals surface area contributed by atoms with E-state index in [4.69, 9.17) is 16.3 Å². The number of benzene rings is 2. The quantitative estimate of drug-likeness (QED) is 0.591. The minimum absolute atomic E-state index is 0.707. The largest absolute Gasteiger partial charge is 0.497 e. The van der Waals surface area contributed by atoms with Gasteiger partial charge in [0, 0.05) is 23.3 Å². The highest BCUT2D eigenvalue weighted by atomic mass is 35.5. The van der Waals surface area contributed by atoms with Crippen molar-refractivity contribution in [3.63, 3.8) is 0 Å². The number of nitrogens with one attached hydrogen (secondary N) is 2. The summed E-state index contributed by atoms with van der Waals surface area (Å²) in [6.45, 7) is 4.67. The third kappa shape index (κ3) is 5.34. The highest BCUT2D eigenvalue weighted by Gasteiger charge is 2.05. The van der Waals surface area contributed by atoms with Crippen LogP contribution in [0.25, 0.3) is 0 Å². The molecular formula is C21H23ClN4O. The molecule has 0 aliphatic rings. The summed E-state index contributed by atoms with van der Waals surface area (Å²) < 4.78 is 5.19. The van der Waals surface area contributed by atoms with Gasteiger partial charge in [0.1, 0.15) is 23.2 Å². The molecule has 140 valence electrons. The number of ether oxygens (including phenoxy) is 1. The Balaban J connectivity index is 1.64. The topological polar surface area (TPSA) is 59.1 Å². The van der Waals surface area contributed by atoms with E-state index >= 15 is 0 Å². The van der Waals surface area contributed by atoms with Crippen LogP contribution >= 0.6 is 11.6 Å². The van der Waals surface area contributed by atoms with Gasteiger partial charge < -0.3 is 15.4 Å². The zero-order valence-electron chi connectivity index (χ0n) is 15.7. The summed E-state index contributed by atoms with van der Waals surface area (Å²) in [5.41, 5.74) is 3.28. The molecule has 0 spiro atoms. The van der Waals surface area contributed by atoms with Crippen LogP contribution in [0.2, 0.25) is 5.02 Å². The Morgan fingerprint density at radius 1 is 0.963 bits per heavy atom. The molecule has 0 aliphatic carbocycles. The molecule has 5 nitrogen and oxygen atoms in total. The molecule has 0 aliphatic heterocycles. The average molecular weight is 383 g/mol. The lowest BCUT2D eigenvalue weighted by Gasteiger charge is -2.12. The minimum Gasteiger partial charge on any atom is -0.497 e. The van der Waals surface area contributed by atoms with Crippen molar-refractivity contribution < 1.29 is 4.74 Å². The first-order valence-electron chi connectivity index (χ1n) is 8.79. The molecule has 1 aromatic heterocycles. The average Bonchev–Trinajstić information content (AvgIpc) is 2.64. The van der Waals surface area contributed by atoms with Gasteiger partial charge in [-0.25, -0.2) is 9.97 Å². The number of nitrogens with zero attached hydrogens (tertiary/aromatic N) is 2. The van der Waals surface area contributed by atoms with Crippen LogP contribution in [0.5, 0.6) is 5.75 Å². The van der Waals surface area contributed by atoms with Gasteiger partial charge in [-0.15, -0.1) is 0 Å². The van der Waals surface area contributed by atoms with E-state index in [1.807, 2.05) is 50.2 Å². The number of halogens is 1. The van der Waals surface area contributed by atoms with E-state index in [0.717, 1.165) is 46.6 Å². The van der Waals surface area contributed by atoms with Crippen molar-refractivity contribution in [2.75, 3.05) is 24.3 Å². The summed E-state index contributed by atoms with van der Waals surface area (Å²) in [4.78, 5) is 8.94. The maximum Gasteiger partial charge on any atom is 0.136 e. The van der Waals surface area contributed by atoms with Gasteiger partial charge in [-0.1, -0.05) is 23.7 Å². The fraction of sp³-hybridized carbons (Fsp3) is 0.238. The van der Waals surface area contributed by atoms with Crippen molar-refractivity contribution in [3.05, 3.63) is 70.5 Å². The van der Waals surface area contributed by atoms with E-state index < -0.39 is 0 Å². The first kappa shape index (κ1) is 19.0. The number of aromatic nitrogens is 2. The molecule has 0 radical (unpaired) electrons. The second-order valence-electron chi connectivity index (χ2n) is 6.29. The summed E-state index contributed by atoms with van der Waals surface area (Å²) in [7, 11) is 1.67. The molecule has 0 saturated carbocycles. The Labute approximate surface area is 164 Å². The Kier molecular flexibility index (Phi) is 6.14. The van der Waals surface area contributed by atoms with E-state index in [1.54, 1.807) is 7.11 Å². The van der Waals surface area contributed by atoms with Crippen LogP contribution < -0.4 is 15.4 Å². The Morgan fingerprint density at radius 3 is 2.41 bits per heavy atom. The molecule has 0 amide bonds. The third-order valence-electron chi connectivity index (χ3n) is 4.17. The number of rotatable bonds is 7. The molecule has 27 heavy (non-hydrogen) atoms. The highest BCUT2D eigenvalue weighted by Crippen LogP contribution is 2.23. The standard InChI is InChI=1S/C21H23ClN4O/c1-14-12-17(22)6-9-19(14)26-21-13-20(24-15(2)25-21)23-11-10-16-4-7-18(27-3)8-5-16/h4-9,12-13H,10-11H2,1-3H3,(H2,23,24,25,26). The lowest BCUT2D eigenvalue weighted by atomic mass is 10.1. The summed E-state index contributed by atoms with van der Waals surface area (Å²) >= 11 is 6.02. The lowest BCUT2D eigenvalue weighted by Crippen LogP contribution is -2.08. The SMILES string of the molecule is COc1ccc(CCNc2cc(Nc3ccc(Cl)cc3C)nc(C)n2)cc1. The Morgan fingerprint density at radius 2 is 1.70 bits per heavy atom. The molecule has 2 N–H and O–H groups in total. The molecule has 6 heteroatoms. The zero-order chi connectivity index (χ0) is 19.2. The number of anilines is 3. The van der Waals surface area contributed by atoms with Crippen LogP contribution in [0.3, 0.4) is 0 Å². The highest BCUT2D eigenvalue weighted by molar-refractivity contribution is 6.30. The van der Waals surface area contributed by atoms with Gasteiger partial charge in [-0.2, -0.15) is 0 Å². The summed E-state index contributed by atoms with van der Waals surface area (Å²) in [5, 5.41) is 7.43. The number of hydrogen-bond acceptors (Lipinski definition) is 5. The van der Waals surface area contributed by atoms with Crippen LogP contribution in [0, 0.1) is 13.8 Å². The van der Waals surface area contributed by atoms with Crippen molar-refractivity contribution in [1.29, 1.82) is 0 Å². The fourth-order valence-corrected chi connectivity index (χ4v) is 2.98. The van der Waals surface area contributed by atoms with Crippen molar-refractivity contribution in [3.8, 4) is 5.75 Å². The smallest absolute Gasteiger partial charge is 0.136 e. The van der Waals surface area contributed by atoms with Crippen LogP contribution in [0.15, 0.2) is 48.5 Å². The van der Waals surface area contributed by atoms with Crippen molar-refractivity contribution in [1.82, 2.24) is 9.97 Å². The normalized spacial score (nSPS) is 10.5. The van der Waals surface area contributed by atoms with E-state index in [9.17, 15) is 0 Å². The first-order chi connectivity index (χ1) is 13.0. The van der Waals surface area contributed by atoms with E-state index in [-0.39, 0.29) is 0 Å². The van der Waals surface area contributed by atoms with Gasteiger partial charge in [0.15, 0.2) is 0 Å². The molecular weight excluding hydrogens is 360 g/mol. The fourth-order valence-electron chi connectivity index (χ4n) is 2.75. The summed E-state index contributed by atoms with van der Waals surface area (Å²) in [5.74, 6) is 3.12. The predicted octanol–water partition coefficient (Wildman–Crippen LogP) is 5.15. The van der Waals surface area contributed by atoms with Gasteiger partial charge in [-0.3, -0.25) is 0 Å². The van der Waals surface area contributed by atoms with Crippen molar-refractivity contribution >= 4 is 28.9 Å². The molecule has 2 aromatic carbocycles. The van der Waals surface area contributed by atoms with Crippen molar-refractivity contribution in [2.45, 2.75) is 20.3 Å². The van der Waals surface area contributed by atoms with Crippen LogP contribution in [0.1, 0.15) is 17.0 Å². The second-order valence-corrected chi connectivity index (χ2v) is 6.73. The summed E-state index contributed by atoms with van der Waals surface area (Å²) in [6.07, 6.45) is 0.895. The van der Waals surface area contributed by atoms with Gasteiger partial charge in [0.2, 0.25) is 0 Å². The molecule has 0 bridgehead atoms. The van der Waals surface area contributed by atoms with E-state index in [2.05, 4.69) is 32.7 Å². The molecule has 0 fully saturated rings. The summed E-state index contributed by atoms with van der Waals surface area (Å²) in [6, 6.07) is 15.7. The van der Waals surface area contributed by atoms with E-state index in [0.29, 0.717) is 5.82 Å². The molecule has 3 aromatic rings. The third-order valence-corrected chi connectivity index (χ3v) is 4.40. The van der Waals surface area contributed by atoms with E-state index in [1.165, 1.54) is 5.56 Å². The van der Waals surface area contributed by atoms with Gasteiger partial charge in [0.25, 0.3) is 0 Å². The molecule has 0 saturated heterocycles. The molecule has 0 atom stereocenters. The Hall–Kier alpha value is -2.79. The number of aryl methyl sites for hydroxylation is 2. The second kappa shape index (κ2) is 8.73.